The second kappa shape index (κ2) is 72.0. The average molecular weight is 1440 g/mol. The van der Waals surface area contributed by atoms with E-state index in [1.54, 1.807) is 18.2 Å². The van der Waals surface area contributed by atoms with Crippen molar-refractivity contribution in [3.05, 3.63) is 158 Å². The van der Waals surface area contributed by atoms with Crippen LogP contribution >= 0.6 is 15.6 Å². The van der Waals surface area contributed by atoms with Crippen molar-refractivity contribution in [3.8, 4) is 0 Å². The molecule has 0 aromatic carbocycles. The number of hydrogen-bond acceptors (Lipinski definition) is 15. The third-order valence-electron chi connectivity index (χ3n) is 15.1. The highest BCUT2D eigenvalue weighted by Crippen LogP contribution is 2.45. The summed E-state index contributed by atoms with van der Waals surface area (Å²) in [5, 5.41) is 10.6. The first kappa shape index (κ1) is 94.7. The Kier molecular flexibility index (Phi) is 68.2. The van der Waals surface area contributed by atoms with Gasteiger partial charge in [-0.15, -0.1) is 0 Å². The van der Waals surface area contributed by atoms with E-state index in [0.717, 1.165) is 141 Å². The van der Waals surface area contributed by atoms with E-state index >= 15 is 0 Å². The van der Waals surface area contributed by atoms with E-state index in [4.69, 9.17) is 37.0 Å². The largest absolute Gasteiger partial charge is 0.472 e. The number of allylic oxidation sites excluding steroid dienone is 24. The maximum absolute atomic E-state index is 13.1. The number of ether oxygens (including phenoxy) is 4. The lowest BCUT2D eigenvalue weighted by atomic mass is 10.0. The predicted octanol–water partition coefficient (Wildman–Crippen LogP) is 21.7. The molecule has 0 aromatic heterocycles. The second-order valence-corrected chi connectivity index (χ2v) is 27.4. The SMILES string of the molecule is CC/C=C\C/C=C\C/C=C\C/C=C\C/C=C\CC(=O)OCC(COP(=O)(O)OCC(O)COP(=O)(O)OCC(COC(=O)CCCCCCCCC/C=C\C/C=C\C/C=C\CC)OC(=O)C/C=C\C/C=C\C/C=C\C/C=C\C/C=C\CC)OC(=O)CCCCCCCCCCCCCCC. The lowest BCUT2D eigenvalue weighted by Gasteiger charge is -2.21. The highest BCUT2D eigenvalue weighted by Gasteiger charge is 2.30. The Morgan fingerprint density at radius 1 is 0.300 bits per heavy atom. The maximum Gasteiger partial charge on any atom is 0.472 e. The lowest BCUT2D eigenvalue weighted by molar-refractivity contribution is -0.160. The molecule has 5 atom stereocenters. The summed E-state index contributed by atoms with van der Waals surface area (Å²) in [6.07, 6.45) is 83.0. The molecular formula is C81H132O17P2. The molecule has 0 saturated heterocycles. The van der Waals surface area contributed by atoms with Gasteiger partial charge in [0.25, 0.3) is 0 Å². The molecule has 19 heteroatoms. The van der Waals surface area contributed by atoms with Crippen molar-refractivity contribution in [3.63, 3.8) is 0 Å². The highest BCUT2D eigenvalue weighted by atomic mass is 31.2. The van der Waals surface area contributed by atoms with Gasteiger partial charge in [-0.2, -0.15) is 0 Å². The van der Waals surface area contributed by atoms with Crippen LogP contribution in [0.3, 0.4) is 0 Å². The van der Waals surface area contributed by atoms with Gasteiger partial charge in [0.1, 0.15) is 19.3 Å². The molecule has 0 heterocycles. The van der Waals surface area contributed by atoms with Gasteiger partial charge in [-0.3, -0.25) is 37.3 Å². The highest BCUT2D eigenvalue weighted by molar-refractivity contribution is 7.47. The molecular weight excluding hydrogens is 1310 g/mol. The number of carbonyl (C=O) groups excluding carboxylic acids is 4. The first-order chi connectivity index (χ1) is 48.7. The van der Waals surface area contributed by atoms with Gasteiger partial charge in [0, 0.05) is 12.8 Å². The summed E-state index contributed by atoms with van der Waals surface area (Å²) in [5.41, 5.74) is 0. The van der Waals surface area contributed by atoms with Crippen LogP contribution < -0.4 is 0 Å². The number of carbonyl (C=O) groups is 4. The van der Waals surface area contributed by atoms with Gasteiger partial charge in [-0.1, -0.05) is 295 Å². The van der Waals surface area contributed by atoms with E-state index < -0.39 is 97.5 Å². The normalized spacial score (nSPS) is 14.8. The van der Waals surface area contributed by atoms with Gasteiger partial charge in [0.05, 0.1) is 39.3 Å². The molecule has 0 amide bonds. The molecule has 0 rings (SSSR count). The number of aliphatic hydroxyl groups excluding tert-OH is 1. The lowest BCUT2D eigenvalue weighted by Crippen LogP contribution is -2.30. The van der Waals surface area contributed by atoms with Crippen LogP contribution in [0.25, 0.3) is 0 Å². The molecule has 0 aliphatic heterocycles. The fourth-order valence-corrected chi connectivity index (χ4v) is 11.0. The Bertz CT molecular complexity index is 2520. The molecule has 568 valence electrons. The minimum atomic E-state index is -5.01. The van der Waals surface area contributed by atoms with Crippen molar-refractivity contribution < 1.29 is 80.2 Å². The van der Waals surface area contributed by atoms with Crippen LogP contribution in [-0.4, -0.2) is 96.7 Å². The van der Waals surface area contributed by atoms with Gasteiger partial charge in [0.2, 0.25) is 0 Å². The van der Waals surface area contributed by atoms with Crippen molar-refractivity contribution in [2.24, 2.45) is 0 Å². The Morgan fingerprint density at radius 3 is 0.930 bits per heavy atom. The molecule has 0 aliphatic carbocycles. The fraction of sp³-hybridized carbons (Fsp3) is 0.630. The average Bonchev–Trinajstić information content (AvgIpc) is 0.937. The zero-order valence-corrected chi connectivity index (χ0v) is 63.6. The van der Waals surface area contributed by atoms with E-state index in [9.17, 15) is 43.2 Å². The van der Waals surface area contributed by atoms with Crippen molar-refractivity contribution in [1.29, 1.82) is 0 Å². The Balaban J connectivity index is 5.49. The molecule has 0 bridgehead atoms. The first-order valence-electron chi connectivity index (χ1n) is 37.7. The molecule has 0 spiro atoms. The van der Waals surface area contributed by atoms with Crippen LogP contribution in [0.4, 0.5) is 0 Å². The molecule has 0 radical (unpaired) electrons. The van der Waals surface area contributed by atoms with Gasteiger partial charge in [-0.25, -0.2) is 9.13 Å². The molecule has 3 N–H and O–H groups in total. The molecule has 17 nitrogen and oxygen atoms in total. The number of aliphatic hydroxyl groups is 1. The summed E-state index contributed by atoms with van der Waals surface area (Å²) in [4.78, 5) is 72.7. The molecule has 0 saturated carbocycles. The number of phosphoric acid groups is 2. The number of esters is 4. The van der Waals surface area contributed by atoms with Crippen molar-refractivity contribution >= 4 is 39.5 Å². The summed E-state index contributed by atoms with van der Waals surface area (Å²) in [6, 6.07) is 0. The zero-order chi connectivity index (χ0) is 73.2. The van der Waals surface area contributed by atoms with Gasteiger partial charge in [0.15, 0.2) is 12.2 Å². The summed E-state index contributed by atoms with van der Waals surface area (Å²) < 4.78 is 68.2. The minimum Gasteiger partial charge on any atom is -0.462 e. The van der Waals surface area contributed by atoms with E-state index in [2.05, 4.69) is 137 Å². The smallest absolute Gasteiger partial charge is 0.462 e. The topological polar surface area (TPSA) is 237 Å². The van der Waals surface area contributed by atoms with Gasteiger partial charge in [-0.05, 0) is 109 Å². The molecule has 100 heavy (non-hydrogen) atoms. The molecule has 0 aromatic rings. The first-order valence-corrected chi connectivity index (χ1v) is 40.7. The van der Waals surface area contributed by atoms with Crippen molar-refractivity contribution in [2.75, 3.05) is 39.6 Å². The summed E-state index contributed by atoms with van der Waals surface area (Å²) in [5.74, 6) is -2.49. The maximum atomic E-state index is 13.1. The Morgan fingerprint density at radius 2 is 0.570 bits per heavy atom. The number of phosphoric ester groups is 2. The Labute approximate surface area is 604 Å². The van der Waals surface area contributed by atoms with Crippen LogP contribution in [0.1, 0.15) is 272 Å². The van der Waals surface area contributed by atoms with E-state index in [1.807, 2.05) is 30.4 Å². The number of rotatable bonds is 69. The van der Waals surface area contributed by atoms with E-state index in [0.29, 0.717) is 25.7 Å². The monoisotopic (exact) mass is 1440 g/mol. The number of hydrogen-bond donors (Lipinski definition) is 3. The van der Waals surface area contributed by atoms with Gasteiger partial charge >= 0.3 is 39.5 Å². The van der Waals surface area contributed by atoms with Crippen LogP contribution in [0.5, 0.6) is 0 Å². The summed E-state index contributed by atoms with van der Waals surface area (Å²) >= 11 is 0. The predicted molar refractivity (Wildman–Crippen MR) is 408 cm³/mol. The number of unbranched alkanes of at least 4 members (excludes halogenated alkanes) is 19. The molecule has 0 aliphatic rings. The van der Waals surface area contributed by atoms with Crippen LogP contribution in [0.2, 0.25) is 0 Å². The summed E-state index contributed by atoms with van der Waals surface area (Å²) in [6.45, 7) is 4.27. The van der Waals surface area contributed by atoms with Crippen molar-refractivity contribution in [2.45, 2.75) is 290 Å². The second-order valence-electron chi connectivity index (χ2n) is 24.5. The molecule has 0 fully saturated rings. The quantitative estimate of drug-likeness (QED) is 0.0169. The fourth-order valence-electron chi connectivity index (χ4n) is 9.44. The Hall–Kier alpha value is -5.32. The molecule has 5 unspecified atom stereocenters. The third kappa shape index (κ3) is 71.1. The van der Waals surface area contributed by atoms with Gasteiger partial charge < -0.3 is 33.8 Å². The zero-order valence-electron chi connectivity index (χ0n) is 61.8. The van der Waals surface area contributed by atoms with E-state index in [1.165, 1.54) is 51.4 Å². The van der Waals surface area contributed by atoms with Crippen LogP contribution in [0.15, 0.2) is 158 Å². The van der Waals surface area contributed by atoms with Crippen molar-refractivity contribution in [1.82, 2.24) is 0 Å². The van der Waals surface area contributed by atoms with Crippen LogP contribution in [0, 0.1) is 0 Å². The van der Waals surface area contributed by atoms with Crippen LogP contribution in [-0.2, 0) is 65.4 Å². The minimum absolute atomic E-state index is 0.0714. The third-order valence-corrected chi connectivity index (χ3v) is 17.0. The standard InChI is InChI=1S/C81H132O17P2/c1-5-9-13-17-21-25-29-33-36-37-40-43-46-50-54-58-62-66-79(84)92-72-77(98-81(86)68-64-60-56-52-48-44-39-35-31-27-23-19-15-11-7-3)74-96-100(89,90)94-70-75(82)69-93-99(87,88)95-73-76(97-80(85)67-63-59-55-51-47-41-32-28-24-20-16-12-8-4)71-91-78(83)65-61-57-53-49-45-42-38-34-30-26-22-18-14-10-6-2/h9-11,13-15,21-23,25-27,33-36,38-39,45,48-49,52,57,60-61,64,75-77,82H,5-8,12,16-20,24,28-32,37,40-44,46-47,50-51,53-56,58-59,62-63,65-74H2,1-4H3,(H,87,88)(H,89,90)/b13-9-,14-10-,15-11-,25-21-,26-22-,27-23-,36-33-,38-34-,39-35-,49-45-,52-48-,61-57-,64-60-. The summed E-state index contributed by atoms with van der Waals surface area (Å²) in [7, 11) is -10.0. The van der Waals surface area contributed by atoms with E-state index in [-0.39, 0.29) is 25.7 Å².